The van der Waals surface area contributed by atoms with Crippen LogP contribution in [0.4, 0.5) is 0 Å². The summed E-state index contributed by atoms with van der Waals surface area (Å²) < 4.78 is 5.76. The predicted molar refractivity (Wildman–Crippen MR) is 80.4 cm³/mol. The van der Waals surface area contributed by atoms with Gasteiger partial charge in [0.2, 0.25) is 0 Å². The lowest BCUT2D eigenvalue weighted by Gasteiger charge is -2.25. The standard InChI is InChI=1S/C17H27NO/c1-13(2)15-8-6-14(7-9-15)11-16(18)12-17-5-3-4-10-19-17/h6-9,13,16-17H,3-5,10-12,18H2,1-2H3. The minimum absolute atomic E-state index is 0.216. The van der Waals surface area contributed by atoms with Crippen LogP contribution in [0.3, 0.4) is 0 Å². The first kappa shape index (κ1) is 14.5. The van der Waals surface area contributed by atoms with Gasteiger partial charge in [0.05, 0.1) is 6.10 Å². The van der Waals surface area contributed by atoms with Crippen LogP contribution in [0.1, 0.15) is 56.6 Å². The number of ether oxygens (including phenoxy) is 1. The molecule has 0 bridgehead atoms. The van der Waals surface area contributed by atoms with E-state index in [9.17, 15) is 0 Å². The zero-order valence-electron chi connectivity index (χ0n) is 12.3. The molecule has 2 atom stereocenters. The highest BCUT2D eigenvalue weighted by Gasteiger charge is 2.17. The van der Waals surface area contributed by atoms with E-state index in [0.717, 1.165) is 19.4 Å². The van der Waals surface area contributed by atoms with E-state index in [-0.39, 0.29) is 6.04 Å². The fraction of sp³-hybridized carbons (Fsp3) is 0.647. The summed E-state index contributed by atoms with van der Waals surface area (Å²) in [5.41, 5.74) is 8.99. The van der Waals surface area contributed by atoms with Crippen LogP contribution in [-0.4, -0.2) is 18.8 Å². The van der Waals surface area contributed by atoms with Gasteiger partial charge in [-0.15, -0.1) is 0 Å². The summed E-state index contributed by atoms with van der Waals surface area (Å²) in [6, 6.07) is 9.11. The van der Waals surface area contributed by atoms with Crippen molar-refractivity contribution in [2.75, 3.05) is 6.61 Å². The van der Waals surface area contributed by atoms with Gasteiger partial charge in [-0.25, -0.2) is 0 Å². The first-order valence-electron chi connectivity index (χ1n) is 7.61. The largest absolute Gasteiger partial charge is 0.378 e. The summed E-state index contributed by atoms with van der Waals surface area (Å²) in [7, 11) is 0. The van der Waals surface area contributed by atoms with Crippen LogP contribution in [0, 0.1) is 0 Å². The molecule has 2 rings (SSSR count). The van der Waals surface area contributed by atoms with Crippen molar-refractivity contribution in [3.63, 3.8) is 0 Å². The molecule has 19 heavy (non-hydrogen) atoms. The molecule has 1 aromatic carbocycles. The van der Waals surface area contributed by atoms with Gasteiger partial charge in [0.15, 0.2) is 0 Å². The first-order valence-corrected chi connectivity index (χ1v) is 7.61. The zero-order chi connectivity index (χ0) is 13.7. The van der Waals surface area contributed by atoms with Crippen molar-refractivity contribution >= 4 is 0 Å². The lowest BCUT2D eigenvalue weighted by atomic mass is 9.95. The fourth-order valence-electron chi connectivity index (χ4n) is 2.76. The van der Waals surface area contributed by atoms with Crippen LogP contribution < -0.4 is 5.73 Å². The SMILES string of the molecule is CC(C)c1ccc(CC(N)CC2CCCCO2)cc1. The highest BCUT2D eigenvalue weighted by molar-refractivity contribution is 5.25. The summed E-state index contributed by atoms with van der Waals surface area (Å²) in [4.78, 5) is 0. The van der Waals surface area contributed by atoms with Crippen molar-refractivity contribution < 1.29 is 4.74 Å². The number of nitrogens with two attached hydrogens (primary N) is 1. The molecule has 1 aliphatic heterocycles. The van der Waals surface area contributed by atoms with E-state index in [0.29, 0.717) is 12.0 Å². The molecule has 2 nitrogen and oxygen atoms in total. The molecule has 2 N–H and O–H groups in total. The highest BCUT2D eigenvalue weighted by Crippen LogP contribution is 2.19. The van der Waals surface area contributed by atoms with Gasteiger partial charge < -0.3 is 10.5 Å². The van der Waals surface area contributed by atoms with E-state index in [1.54, 1.807) is 0 Å². The van der Waals surface area contributed by atoms with E-state index < -0.39 is 0 Å². The minimum Gasteiger partial charge on any atom is -0.378 e. The van der Waals surface area contributed by atoms with Crippen molar-refractivity contribution in [3.05, 3.63) is 35.4 Å². The van der Waals surface area contributed by atoms with E-state index >= 15 is 0 Å². The van der Waals surface area contributed by atoms with Crippen LogP contribution in [0.15, 0.2) is 24.3 Å². The molecular weight excluding hydrogens is 234 g/mol. The molecule has 1 heterocycles. The second kappa shape index (κ2) is 7.06. The lowest BCUT2D eigenvalue weighted by Crippen LogP contribution is -2.31. The molecule has 2 unspecified atom stereocenters. The molecule has 2 heteroatoms. The molecule has 0 aromatic heterocycles. The summed E-state index contributed by atoms with van der Waals surface area (Å²) in [5, 5.41) is 0. The van der Waals surface area contributed by atoms with Crippen LogP contribution in [-0.2, 0) is 11.2 Å². The van der Waals surface area contributed by atoms with Crippen molar-refractivity contribution in [2.45, 2.75) is 64.0 Å². The highest BCUT2D eigenvalue weighted by atomic mass is 16.5. The quantitative estimate of drug-likeness (QED) is 0.878. The summed E-state index contributed by atoms with van der Waals surface area (Å²) >= 11 is 0. The lowest BCUT2D eigenvalue weighted by molar-refractivity contribution is 0.00747. The first-order chi connectivity index (χ1) is 9.15. The molecule has 1 aliphatic rings. The second-order valence-corrected chi connectivity index (χ2v) is 6.08. The maximum Gasteiger partial charge on any atom is 0.0590 e. The number of hydrogen-bond acceptors (Lipinski definition) is 2. The Kier molecular flexibility index (Phi) is 5.41. The van der Waals surface area contributed by atoms with Gasteiger partial charge in [-0.05, 0) is 49.1 Å². The molecule has 1 aromatic rings. The van der Waals surface area contributed by atoms with Crippen molar-refractivity contribution in [2.24, 2.45) is 5.73 Å². The smallest absolute Gasteiger partial charge is 0.0590 e. The van der Waals surface area contributed by atoms with Crippen molar-refractivity contribution in [3.8, 4) is 0 Å². The van der Waals surface area contributed by atoms with Gasteiger partial charge >= 0.3 is 0 Å². The topological polar surface area (TPSA) is 35.2 Å². The van der Waals surface area contributed by atoms with E-state index in [1.807, 2.05) is 0 Å². The average molecular weight is 261 g/mol. The van der Waals surface area contributed by atoms with Gasteiger partial charge in [0.25, 0.3) is 0 Å². The minimum atomic E-state index is 0.216. The Balaban J connectivity index is 1.82. The molecule has 106 valence electrons. The Morgan fingerprint density at radius 2 is 1.95 bits per heavy atom. The van der Waals surface area contributed by atoms with Gasteiger partial charge in [-0.1, -0.05) is 38.1 Å². The third-order valence-electron chi connectivity index (χ3n) is 3.98. The third kappa shape index (κ3) is 4.63. The monoisotopic (exact) mass is 261 g/mol. The summed E-state index contributed by atoms with van der Waals surface area (Å²) in [6.07, 6.45) is 6.02. The Hall–Kier alpha value is -0.860. The Bertz CT molecular complexity index is 365. The third-order valence-corrected chi connectivity index (χ3v) is 3.98. The number of benzene rings is 1. The van der Waals surface area contributed by atoms with Crippen LogP contribution in [0.2, 0.25) is 0 Å². The Labute approximate surface area is 117 Å². The van der Waals surface area contributed by atoms with Crippen LogP contribution in [0.25, 0.3) is 0 Å². The van der Waals surface area contributed by atoms with Crippen molar-refractivity contribution in [1.29, 1.82) is 0 Å². The molecule has 0 saturated carbocycles. The second-order valence-electron chi connectivity index (χ2n) is 6.08. The number of hydrogen-bond donors (Lipinski definition) is 1. The van der Waals surface area contributed by atoms with E-state index in [4.69, 9.17) is 10.5 Å². The summed E-state index contributed by atoms with van der Waals surface area (Å²) in [6.45, 7) is 5.36. The summed E-state index contributed by atoms with van der Waals surface area (Å²) in [5.74, 6) is 0.596. The van der Waals surface area contributed by atoms with Crippen molar-refractivity contribution in [1.82, 2.24) is 0 Å². The Morgan fingerprint density at radius 3 is 2.53 bits per heavy atom. The molecule has 1 fully saturated rings. The zero-order valence-corrected chi connectivity index (χ0v) is 12.3. The fourth-order valence-corrected chi connectivity index (χ4v) is 2.76. The average Bonchev–Trinajstić information content (AvgIpc) is 2.40. The van der Waals surface area contributed by atoms with Gasteiger partial charge in [-0.3, -0.25) is 0 Å². The molecule has 1 saturated heterocycles. The molecule has 0 amide bonds. The maximum absolute atomic E-state index is 6.25. The molecule has 0 aliphatic carbocycles. The number of rotatable bonds is 5. The van der Waals surface area contributed by atoms with E-state index in [2.05, 4.69) is 38.1 Å². The van der Waals surface area contributed by atoms with Crippen LogP contribution in [0.5, 0.6) is 0 Å². The van der Waals surface area contributed by atoms with Gasteiger partial charge in [-0.2, -0.15) is 0 Å². The maximum atomic E-state index is 6.25. The normalized spacial score (nSPS) is 21.6. The van der Waals surface area contributed by atoms with Crippen LogP contribution >= 0.6 is 0 Å². The van der Waals surface area contributed by atoms with Gasteiger partial charge in [0, 0.05) is 12.6 Å². The molecule has 0 radical (unpaired) electrons. The van der Waals surface area contributed by atoms with E-state index in [1.165, 1.54) is 30.4 Å². The molecule has 0 spiro atoms. The van der Waals surface area contributed by atoms with Gasteiger partial charge in [0.1, 0.15) is 0 Å². The molecular formula is C17H27NO. The Morgan fingerprint density at radius 1 is 1.21 bits per heavy atom. The predicted octanol–water partition coefficient (Wildman–Crippen LogP) is 3.64.